The van der Waals surface area contributed by atoms with Gasteiger partial charge in [-0.25, -0.2) is 4.68 Å². The van der Waals surface area contributed by atoms with Gasteiger partial charge in [0, 0.05) is 31.9 Å². The van der Waals surface area contributed by atoms with Crippen LogP contribution in [-0.2, 0) is 6.54 Å². The van der Waals surface area contributed by atoms with Gasteiger partial charge in [0.05, 0.1) is 12.6 Å². The lowest BCUT2D eigenvalue weighted by Gasteiger charge is -2.40. The maximum Gasteiger partial charge on any atom is 0.168 e. The highest BCUT2D eigenvalue weighted by atomic mass is 15.6. The fourth-order valence-electron chi connectivity index (χ4n) is 4.26. The van der Waals surface area contributed by atoms with Crippen molar-refractivity contribution in [1.82, 2.24) is 25.1 Å². The van der Waals surface area contributed by atoms with E-state index in [9.17, 15) is 0 Å². The number of anilines is 1. The van der Waals surface area contributed by atoms with E-state index >= 15 is 0 Å². The van der Waals surface area contributed by atoms with E-state index in [0.717, 1.165) is 38.4 Å². The lowest BCUT2D eigenvalue weighted by atomic mass is 10.1. The summed E-state index contributed by atoms with van der Waals surface area (Å²) in [6.07, 6.45) is 0.999. The molecule has 4 rings (SSSR count). The zero-order valence-electron chi connectivity index (χ0n) is 17.6. The molecule has 0 unspecified atom stereocenters. The minimum Gasteiger partial charge on any atom is -0.369 e. The maximum atomic E-state index is 4.41. The van der Waals surface area contributed by atoms with E-state index in [0.29, 0.717) is 6.54 Å². The van der Waals surface area contributed by atoms with E-state index in [2.05, 4.69) is 88.6 Å². The summed E-state index contributed by atoms with van der Waals surface area (Å²) in [5.41, 5.74) is 5.25. The first kappa shape index (κ1) is 19.6. The number of nitrogens with zero attached hydrogens (tertiary/aromatic N) is 6. The van der Waals surface area contributed by atoms with Crippen molar-refractivity contribution in [2.45, 2.75) is 39.8 Å². The topological polar surface area (TPSA) is 50.1 Å². The number of piperazine rings is 1. The maximum absolute atomic E-state index is 4.41. The van der Waals surface area contributed by atoms with Gasteiger partial charge in [0.2, 0.25) is 0 Å². The summed E-state index contributed by atoms with van der Waals surface area (Å²) >= 11 is 0. The van der Waals surface area contributed by atoms with Crippen LogP contribution in [0.2, 0.25) is 0 Å². The highest BCUT2D eigenvalue weighted by Gasteiger charge is 2.28. The molecule has 0 bridgehead atoms. The fourth-order valence-corrected chi connectivity index (χ4v) is 4.26. The molecule has 6 heteroatoms. The Morgan fingerprint density at radius 2 is 1.72 bits per heavy atom. The lowest BCUT2D eigenvalue weighted by Crippen LogP contribution is -2.48. The van der Waals surface area contributed by atoms with Gasteiger partial charge < -0.3 is 4.90 Å². The normalized spacial score (nSPS) is 16.2. The third kappa shape index (κ3) is 4.32. The van der Waals surface area contributed by atoms with Crippen molar-refractivity contribution in [3.63, 3.8) is 0 Å². The molecule has 0 radical (unpaired) electrons. The molecule has 152 valence electrons. The van der Waals surface area contributed by atoms with E-state index in [1.165, 1.54) is 22.4 Å². The van der Waals surface area contributed by atoms with E-state index in [-0.39, 0.29) is 6.04 Å². The van der Waals surface area contributed by atoms with E-state index in [1.54, 1.807) is 0 Å². The minimum absolute atomic E-state index is 0.245. The van der Waals surface area contributed by atoms with E-state index in [4.69, 9.17) is 0 Å². The van der Waals surface area contributed by atoms with Crippen molar-refractivity contribution < 1.29 is 0 Å². The Balaban J connectivity index is 1.46. The van der Waals surface area contributed by atoms with Gasteiger partial charge in [-0.15, -0.1) is 5.10 Å². The van der Waals surface area contributed by atoms with E-state index < -0.39 is 0 Å². The number of rotatable bonds is 6. The molecule has 29 heavy (non-hydrogen) atoms. The van der Waals surface area contributed by atoms with Gasteiger partial charge in [0.1, 0.15) is 0 Å². The summed E-state index contributed by atoms with van der Waals surface area (Å²) in [7, 11) is 0. The van der Waals surface area contributed by atoms with Gasteiger partial charge in [0.15, 0.2) is 5.82 Å². The van der Waals surface area contributed by atoms with Crippen LogP contribution in [0.25, 0.3) is 0 Å². The predicted octanol–water partition coefficient (Wildman–Crippen LogP) is 3.61. The molecule has 2 heterocycles. The van der Waals surface area contributed by atoms with Crippen LogP contribution in [0, 0.1) is 13.8 Å². The zero-order valence-corrected chi connectivity index (χ0v) is 17.6. The lowest BCUT2D eigenvalue weighted by molar-refractivity contribution is 0.169. The van der Waals surface area contributed by atoms with Crippen molar-refractivity contribution in [2.24, 2.45) is 0 Å². The molecular weight excluding hydrogens is 360 g/mol. The molecule has 1 aliphatic heterocycles. The Bertz CT molecular complexity index is 928. The molecule has 1 saturated heterocycles. The first-order valence-corrected chi connectivity index (χ1v) is 10.5. The second kappa shape index (κ2) is 8.74. The molecule has 0 saturated carbocycles. The van der Waals surface area contributed by atoms with Crippen LogP contribution in [0.3, 0.4) is 0 Å². The van der Waals surface area contributed by atoms with Crippen LogP contribution in [-0.4, -0.2) is 51.3 Å². The van der Waals surface area contributed by atoms with Gasteiger partial charge >= 0.3 is 0 Å². The predicted molar refractivity (Wildman–Crippen MR) is 116 cm³/mol. The summed E-state index contributed by atoms with van der Waals surface area (Å²) in [6, 6.07) is 17.4. The molecule has 0 N–H and O–H groups in total. The van der Waals surface area contributed by atoms with Gasteiger partial charge in [-0.3, -0.25) is 4.90 Å². The molecule has 2 aromatic carbocycles. The van der Waals surface area contributed by atoms with Crippen LogP contribution in [0.4, 0.5) is 5.69 Å². The number of aryl methyl sites for hydroxylation is 2. The molecule has 0 spiro atoms. The Hall–Kier alpha value is -2.73. The number of hydrogen-bond donors (Lipinski definition) is 0. The van der Waals surface area contributed by atoms with Crippen LogP contribution < -0.4 is 4.90 Å². The second-order valence-corrected chi connectivity index (χ2v) is 7.92. The quantitative estimate of drug-likeness (QED) is 0.643. The van der Waals surface area contributed by atoms with Crippen molar-refractivity contribution in [3.05, 3.63) is 71.0 Å². The average Bonchev–Trinajstić information content (AvgIpc) is 3.19. The molecule has 6 nitrogen and oxygen atoms in total. The molecule has 1 atom stereocenters. The van der Waals surface area contributed by atoms with Gasteiger partial charge in [-0.2, -0.15) is 0 Å². The molecule has 0 amide bonds. The van der Waals surface area contributed by atoms with Gasteiger partial charge in [-0.1, -0.05) is 49.4 Å². The second-order valence-electron chi connectivity index (χ2n) is 7.92. The summed E-state index contributed by atoms with van der Waals surface area (Å²) < 4.78 is 1.96. The highest BCUT2D eigenvalue weighted by Crippen LogP contribution is 2.27. The van der Waals surface area contributed by atoms with Crippen molar-refractivity contribution >= 4 is 5.69 Å². The number of tetrazole rings is 1. The zero-order chi connectivity index (χ0) is 20.2. The molecule has 1 aromatic heterocycles. The van der Waals surface area contributed by atoms with Crippen molar-refractivity contribution in [1.29, 1.82) is 0 Å². The SMILES string of the molecule is CC[C@H](c1nnnn1Cc1ccccc1)N1CCN(c2cc(C)ccc2C)CC1. The third-order valence-corrected chi connectivity index (χ3v) is 5.88. The van der Waals surface area contributed by atoms with E-state index in [1.807, 2.05) is 10.7 Å². The first-order chi connectivity index (χ1) is 14.2. The smallest absolute Gasteiger partial charge is 0.168 e. The van der Waals surface area contributed by atoms with Crippen LogP contribution in [0.15, 0.2) is 48.5 Å². The largest absolute Gasteiger partial charge is 0.369 e. The Morgan fingerprint density at radius 3 is 2.45 bits per heavy atom. The van der Waals surface area contributed by atoms with Crippen LogP contribution >= 0.6 is 0 Å². The number of hydrogen-bond acceptors (Lipinski definition) is 5. The minimum atomic E-state index is 0.245. The molecule has 0 aliphatic carbocycles. The Kier molecular flexibility index (Phi) is 5.90. The van der Waals surface area contributed by atoms with Crippen molar-refractivity contribution in [3.8, 4) is 0 Å². The molecule has 1 fully saturated rings. The molecular formula is C23H30N6. The Labute approximate surface area is 173 Å². The molecule has 3 aromatic rings. The summed E-state index contributed by atoms with van der Waals surface area (Å²) in [4.78, 5) is 5.05. The average molecular weight is 391 g/mol. The van der Waals surface area contributed by atoms with Gasteiger partial charge in [-0.05, 0) is 53.5 Å². The standard InChI is InChI=1S/C23H30N6/c1-4-21(23-24-25-26-29(23)17-20-8-6-5-7-9-20)27-12-14-28(15-13-27)22-16-18(2)10-11-19(22)3/h5-11,16,21H,4,12-15,17H2,1-3H3/t21-/m1/s1. The summed E-state index contributed by atoms with van der Waals surface area (Å²) in [5.74, 6) is 0.969. The number of aromatic nitrogens is 4. The monoisotopic (exact) mass is 390 g/mol. The third-order valence-electron chi connectivity index (χ3n) is 5.88. The summed E-state index contributed by atoms with van der Waals surface area (Å²) in [6.45, 7) is 11.4. The van der Waals surface area contributed by atoms with Crippen LogP contribution in [0.1, 0.15) is 41.9 Å². The highest BCUT2D eigenvalue weighted by molar-refractivity contribution is 5.55. The molecule has 1 aliphatic rings. The van der Waals surface area contributed by atoms with Crippen LogP contribution in [0.5, 0.6) is 0 Å². The van der Waals surface area contributed by atoms with Crippen molar-refractivity contribution in [2.75, 3.05) is 31.1 Å². The summed E-state index contributed by atoms with van der Waals surface area (Å²) in [5, 5.41) is 12.7. The fraction of sp³-hybridized carbons (Fsp3) is 0.435. The number of benzene rings is 2. The first-order valence-electron chi connectivity index (χ1n) is 10.5. The Morgan fingerprint density at radius 1 is 0.966 bits per heavy atom. The van der Waals surface area contributed by atoms with Gasteiger partial charge in [0.25, 0.3) is 0 Å².